The van der Waals surface area contributed by atoms with Gasteiger partial charge in [0.25, 0.3) is 0 Å². The molecule has 0 amide bonds. The van der Waals surface area contributed by atoms with Crippen LogP contribution in [0, 0.1) is 0 Å². The van der Waals surface area contributed by atoms with Gasteiger partial charge < -0.3 is 10.2 Å². The average molecular weight is 464 g/mol. The fraction of sp³-hybridized carbons (Fsp3) is 0.481. The van der Waals surface area contributed by atoms with Gasteiger partial charge in [-0.1, -0.05) is 57.2 Å². The Morgan fingerprint density at radius 2 is 1.79 bits per heavy atom. The first-order valence-corrected chi connectivity index (χ1v) is 12.3. The summed E-state index contributed by atoms with van der Waals surface area (Å²) < 4.78 is 1.89. The molecule has 34 heavy (non-hydrogen) atoms. The third-order valence-corrected chi connectivity index (χ3v) is 6.88. The second kappa shape index (κ2) is 10.8. The highest BCUT2D eigenvalue weighted by Gasteiger charge is 2.30. The number of aromatic nitrogens is 3. The van der Waals surface area contributed by atoms with Crippen LogP contribution in [-0.4, -0.2) is 86.6 Å². The summed E-state index contributed by atoms with van der Waals surface area (Å²) in [5.74, 6) is 0. The number of fused-ring (bicyclic) bond motifs is 1. The maximum absolute atomic E-state index is 9.62. The highest BCUT2D eigenvalue weighted by Crippen LogP contribution is 2.36. The van der Waals surface area contributed by atoms with Gasteiger partial charge in [0.2, 0.25) is 0 Å². The standard InChI is InChI=1S/C27H37N5O2/c1-4-24-25(26-28-12-6-14-32(26)29-24)27(2,3)22-10-8-21(9-11-22)7-5-13-30-15-17-31(18-16-30)19-23(34)20-33/h5-12,14,23,33-34H,4,13,15-20H2,1-3H3. The number of aliphatic hydroxyl groups is 2. The van der Waals surface area contributed by atoms with E-state index in [9.17, 15) is 5.11 Å². The van der Waals surface area contributed by atoms with Crippen molar-refractivity contribution < 1.29 is 10.2 Å². The lowest BCUT2D eigenvalue weighted by molar-refractivity contribution is 0.0414. The van der Waals surface area contributed by atoms with E-state index in [1.54, 1.807) is 0 Å². The lowest BCUT2D eigenvalue weighted by Gasteiger charge is -2.34. The van der Waals surface area contributed by atoms with Crippen LogP contribution in [0.2, 0.25) is 0 Å². The zero-order valence-corrected chi connectivity index (χ0v) is 20.6. The smallest absolute Gasteiger partial charge is 0.159 e. The van der Waals surface area contributed by atoms with Crippen LogP contribution >= 0.6 is 0 Å². The van der Waals surface area contributed by atoms with Crippen molar-refractivity contribution in [1.82, 2.24) is 24.4 Å². The SMILES string of the molecule is CCc1nn2cccnc2c1C(C)(C)c1ccc(C=CCN2CCN(CC(O)CO)CC2)cc1. The zero-order chi connectivity index (χ0) is 24.1. The lowest BCUT2D eigenvalue weighted by atomic mass is 9.77. The normalized spacial score (nSPS) is 17.1. The molecule has 4 rings (SSSR count). The van der Waals surface area contributed by atoms with E-state index in [-0.39, 0.29) is 12.0 Å². The van der Waals surface area contributed by atoms with Crippen LogP contribution in [-0.2, 0) is 11.8 Å². The van der Waals surface area contributed by atoms with E-state index in [0.717, 1.165) is 50.5 Å². The summed E-state index contributed by atoms with van der Waals surface area (Å²) in [5.41, 5.74) is 5.47. The second-order valence-corrected chi connectivity index (χ2v) is 9.65. The molecule has 1 fully saturated rings. The third kappa shape index (κ3) is 5.39. The van der Waals surface area contributed by atoms with Crippen LogP contribution in [0.4, 0.5) is 0 Å². The van der Waals surface area contributed by atoms with Crippen LogP contribution in [0.5, 0.6) is 0 Å². The number of hydrogen-bond acceptors (Lipinski definition) is 6. The van der Waals surface area contributed by atoms with Gasteiger partial charge in [-0.3, -0.25) is 9.80 Å². The Labute approximate surface area is 202 Å². The minimum atomic E-state index is -0.642. The van der Waals surface area contributed by atoms with Crippen LogP contribution in [0.25, 0.3) is 11.7 Å². The number of benzene rings is 1. The maximum atomic E-state index is 9.62. The Balaban J connectivity index is 1.39. The average Bonchev–Trinajstić information content (AvgIpc) is 3.25. The zero-order valence-electron chi connectivity index (χ0n) is 20.6. The first kappa shape index (κ1) is 24.5. The molecule has 1 atom stereocenters. The van der Waals surface area contributed by atoms with Gasteiger partial charge in [0.1, 0.15) is 0 Å². The molecule has 1 aliphatic rings. The molecule has 0 bridgehead atoms. The molecule has 3 heterocycles. The van der Waals surface area contributed by atoms with Crippen molar-refractivity contribution in [2.75, 3.05) is 45.9 Å². The van der Waals surface area contributed by atoms with Gasteiger partial charge in [0.05, 0.1) is 18.4 Å². The fourth-order valence-corrected chi connectivity index (χ4v) is 4.82. The van der Waals surface area contributed by atoms with Crippen molar-refractivity contribution in [3.8, 4) is 0 Å². The first-order chi connectivity index (χ1) is 16.4. The molecule has 2 N–H and O–H groups in total. The van der Waals surface area contributed by atoms with Gasteiger partial charge in [-0.2, -0.15) is 5.10 Å². The van der Waals surface area contributed by atoms with Crippen LogP contribution < -0.4 is 0 Å². The molecule has 2 aromatic heterocycles. The first-order valence-electron chi connectivity index (χ1n) is 12.3. The minimum absolute atomic E-state index is 0.172. The van der Waals surface area contributed by atoms with Crippen molar-refractivity contribution in [2.24, 2.45) is 0 Å². The fourth-order valence-electron chi connectivity index (χ4n) is 4.82. The number of hydrogen-bond donors (Lipinski definition) is 2. The Hall–Kier alpha value is -2.58. The lowest BCUT2D eigenvalue weighted by Crippen LogP contribution is -2.48. The van der Waals surface area contributed by atoms with Crippen molar-refractivity contribution in [1.29, 1.82) is 0 Å². The van der Waals surface area contributed by atoms with E-state index in [2.05, 4.69) is 72.0 Å². The highest BCUT2D eigenvalue weighted by molar-refractivity contribution is 5.59. The minimum Gasteiger partial charge on any atom is -0.394 e. The molecular formula is C27H37N5O2. The molecule has 1 saturated heterocycles. The number of nitrogens with zero attached hydrogens (tertiary/aromatic N) is 5. The summed E-state index contributed by atoms with van der Waals surface area (Å²) >= 11 is 0. The van der Waals surface area contributed by atoms with E-state index >= 15 is 0 Å². The molecule has 0 saturated carbocycles. The third-order valence-electron chi connectivity index (χ3n) is 6.88. The summed E-state index contributed by atoms with van der Waals surface area (Å²) in [6.45, 7) is 11.7. The summed E-state index contributed by atoms with van der Waals surface area (Å²) in [5, 5.41) is 23.4. The molecular weight excluding hydrogens is 426 g/mol. The van der Waals surface area contributed by atoms with Gasteiger partial charge in [-0.05, 0) is 23.6 Å². The summed E-state index contributed by atoms with van der Waals surface area (Å²) in [7, 11) is 0. The van der Waals surface area contributed by atoms with Gasteiger partial charge in [-0.25, -0.2) is 9.50 Å². The molecule has 0 spiro atoms. The van der Waals surface area contributed by atoms with Gasteiger partial charge in [-0.15, -0.1) is 0 Å². The summed E-state index contributed by atoms with van der Waals surface area (Å²) in [6, 6.07) is 10.7. The van der Waals surface area contributed by atoms with Crippen molar-refractivity contribution in [3.05, 3.63) is 71.2 Å². The van der Waals surface area contributed by atoms with E-state index in [4.69, 9.17) is 10.2 Å². The molecule has 1 unspecified atom stereocenters. The second-order valence-electron chi connectivity index (χ2n) is 9.65. The van der Waals surface area contributed by atoms with E-state index < -0.39 is 6.10 Å². The summed E-state index contributed by atoms with van der Waals surface area (Å²) in [4.78, 5) is 9.26. The number of β-amino-alcohol motifs (C(OH)–C–C–N with tert-alkyl or cyclic N) is 1. The maximum Gasteiger partial charge on any atom is 0.159 e. The molecule has 3 aromatic rings. The van der Waals surface area contributed by atoms with Crippen molar-refractivity contribution in [3.63, 3.8) is 0 Å². The molecule has 0 radical (unpaired) electrons. The number of piperazine rings is 1. The Morgan fingerprint density at radius 3 is 2.47 bits per heavy atom. The topological polar surface area (TPSA) is 77.1 Å². The molecule has 0 aliphatic carbocycles. The van der Waals surface area contributed by atoms with Gasteiger partial charge in [0.15, 0.2) is 5.65 Å². The number of aliphatic hydroxyl groups excluding tert-OH is 2. The largest absolute Gasteiger partial charge is 0.394 e. The number of rotatable bonds is 9. The van der Waals surface area contributed by atoms with E-state index in [1.165, 1.54) is 16.7 Å². The van der Waals surface area contributed by atoms with Crippen molar-refractivity contribution in [2.45, 2.75) is 38.7 Å². The quantitative estimate of drug-likeness (QED) is 0.508. The molecule has 1 aromatic carbocycles. The Kier molecular flexibility index (Phi) is 7.78. The molecule has 1 aliphatic heterocycles. The Bertz CT molecular complexity index is 1100. The van der Waals surface area contributed by atoms with E-state index in [0.29, 0.717) is 6.54 Å². The molecule has 7 heteroatoms. The van der Waals surface area contributed by atoms with Crippen LogP contribution in [0.1, 0.15) is 43.2 Å². The van der Waals surface area contributed by atoms with Crippen LogP contribution in [0.3, 0.4) is 0 Å². The van der Waals surface area contributed by atoms with E-state index in [1.807, 2.05) is 23.0 Å². The highest BCUT2D eigenvalue weighted by atomic mass is 16.3. The van der Waals surface area contributed by atoms with Crippen molar-refractivity contribution >= 4 is 11.7 Å². The predicted molar refractivity (Wildman–Crippen MR) is 136 cm³/mol. The van der Waals surface area contributed by atoms with Gasteiger partial charge in [0, 0.05) is 62.6 Å². The summed E-state index contributed by atoms with van der Waals surface area (Å²) in [6.07, 6.45) is 8.45. The number of aryl methyl sites for hydroxylation is 1. The van der Waals surface area contributed by atoms with Gasteiger partial charge >= 0.3 is 0 Å². The van der Waals surface area contributed by atoms with Crippen LogP contribution in [0.15, 0.2) is 48.8 Å². The monoisotopic (exact) mass is 463 g/mol. The Morgan fingerprint density at radius 1 is 1.09 bits per heavy atom. The predicted octanol–water partition coefficient (Wildman–Crippen LogP) is 2.60. The molecule has 7 nitrogen and oxygen atoms in total. The molecule has 182 valence electrons.